The lowest BCUT2D eigenvalue weighted by atomic mass is 10.0. The summed E-state index contributed by atoms with van der Waals surface area (Å²) in [6, 6.07) is 2.84. The van der Waals surface area contributed by atoms with Gasteiger partial charge in [0.25, 0.3) is 10.0 Å². The molecular weight excluding hydrogens is 266 g/mol. The van der Waals surface area contributed by atoms with Gasteiger partial charge in [0.15, 0.2) is 0 Å². The summed E-state index contributed by atoms with van der Waals surface area (Å²) in [6.45, 7) is 1.91. The minimum atomic E-state index is -3.61. The van der Waals surface area contributed by atoms with Gasteiger partial charge in [0.05, 0.1) is 0 Å². The fraction of sp³-hybridized carbons (Fsp3) is 0.692. The van der Waals surface area contributed by atoms with E-state index in [1.165, 1.54) is 12.1 Å². The molecule has 5 nitrogen and oxygen atoms in total. The van der Waals surface area contributed by atoms with Crippen LogP contribution in [0.4, 0.5) is 0 Å². The molecule has 19 heavy (non-hydrogen) atoms. The molecule has 1 aliphatic carbocycles. The van der Waals surface area contributed by atoms with Crippen molar-refractivity contribution >= 4 is 10.0 Å². The van der Waals surface area contributed by atoms with Gasteiger partial charge in [-0.2, -0.15) is 0 Å². The molecule has 2 unspecified atom stereocenters. The second-order valence-electron chi connectivity index (χ2n) is 5.31. The van der Waals surface area contributed by atoms with Gasteiger partial charge >= 0.3 is 0 Å². The van der Waals surface area contributed by atoms with Gasteiger partial charge in [0.2, 0.25) is 5.09 Å². The first-order chi connectivity index (χ1) is 9.01. The summed E-state index contributed by atoms with van der Waals surface area (Å²) in [7, 11) is -3.61. The maximum Gasteiger partial charge on any atom is 0.274 e. The monoisotopic (exact) mass is 287 g/mol. The molecule has 1 heterocycles. The van der Waals surface area contributed by atoms with E-state index >= 15 is 0 Å². The van der Waals surface area contributed by atoms with Crippen molar-refractivity contribution in [3.63, 3.8) is 0 Å². The lowest BCUT2D eigenvalue weighted by Crippen LogP contribution is -2.34. The Bertz CT molecular complexity index is 508. The Morgan fingerprint density at radius 2 is 2.11 bits per heavy atom. The van der Waals surface area contributed by atoms with Crippen LogP contribution in [0.15, 0.2) is 21.6 Å². The summed E-state index contributed by atoms with van der Waals surface area (Å²) < 4.78 is 32.1. The Morgan fingerprint density at radius 1 is 1.32 bits per heavy atom. The second kappa shape index (κ2) is 6.07. The zero-order valence-corrected chi connectivity index (χ0v) is 11.9. The molecule has 1 aliphatic rings. The molecular formula is C13H21NO4S. The standard InChI is InChI=1S/C13H21NO4S/c1-10-3-2-4-11(6-5-10)14-19(16,17)13-8-7-12(9-15)18-13/h7-8,10-11,14-15H,2-6,9H2,1H3. The smallest absolute Gasteiger partial charge is 0.274 e. The van der Waals surface area contributed by atoms with Crippen LogP contribution in [0, 0.1) is 5.92 Å². The van der Waals surface area contributed by atoms with Crippen LogP contribution in [0.25, 0.3) is 0 Å². The quantitative estimate of drug-likeness (QED) is 0.830. The lowest BCUT2D eigenvalue weighted by Gasteiger charge is -2.15. The zero-order chi connectivity index (χ0) is 13.9. The predicted molar refractivity (Wildman–Crippen MR) is 71.0 cm³/mol. The highest BCUT2D eigenvalue weighted by Crippen LogP contribution is 2.24. The van der Waals surface area contributed by atoms with Crippen LogP contribution in [0.1, 0.15) is 44.8 Å². The van der Waals surface area contributed by atoms with Crippen molar-refractivity contribution in [2.45, 2.75) is 56.8 Å². The Kier molecular flexibility index (Phi) is 4.65. The van der Waals surface area contributed by atoms with Crippen molar-refractivity contribution in [2.24, 2.45) is 5.92 Å². The number of hydrogen-bond acceptors (Lipinski definition) is 4. The first-order valence-electron chi connectivity index (χ1n) is 6.73. The first kappa shape index (κ1) is 14.6. The van der Waals surface area contributed by atoms with Crippen LogP contribution in [-0.2, 0) is 16.6 Å². The number of sulfonamides is 1. The number of aliphatic hydroxyl groups excluding tert-OH is 1. The van der Waals surface area contributed by atoms with Crippen LogP contribution in [-0.4, -0.2) is 19.6 Å². The molecule has 0 radical (unpaired) electrons. The summed E-state index contributed by atoms with van der Waals surface area (Å²) in [5.74, 6) is 0.925. The van der Waals surface area contributed by atoms with E-state index in [1.807, 2.05) is 0 Å². The maximum absolute atomic E-state index is 12.1. The summed E-state index contributed by atoms with van der Waals surface area (Å²) in [4.78, 5) is 0. The van der Waals surface area contributed by atoms with Crippen LogP contribution in [0.3, 0.4) is 0 Å². The van der Waals surface area contributed by atoms with Gasteiger partial charge in [-0.25, -0.2) is 13.1 Å². The molecule has 1 fully saturated rings. The van der Waals surface area contributed by atoms with Gasteiger partial charge in [-0.1, -0.05) is 19.8 Å². The SMILES string of the molecule is CC1CCCC(NS(=O)(=O)c2ccc(CO)o2)CC1. The molecule has 0 spiro atoms. The number of nitrogens with one attached hydrogen (secondary N) is 1. The number of aliphatic hydroxyl groups is 1. The Hall–Kier alpha value is -0.850. The highest BCUT2D eigenvalue weighted by Gasteiger charge is 2.25. The van der Waals surface area contributed by atoms with E-state index in [4.69, 9.17) is 9.52 Å². The molecule has 2 atom stereocenters. The molecule has 0 saturated heterocycles. The van der Waals surface area contributed by atoms with Gasteiger partial charge in [0.1, 0.15) is 12.4 Å². The number of hydrogen-bond donors (Lipinski definition) is 2. The fourth-order valence-corrected chi connectivity index (χ4v) is 3.72. The first-order valence-corrected chi connectivity index (χ1v) is 8.21. The number of furan rings is 1. The topological polar surface area (TPSA) is 79.5 Å². The van der Waals surface area contributed by atoms with Gasteiger partial charge in [0, 0.05) is 6.04 Å². The van der Waals surface area contributed by atoms with Crippen molar-refractivity contribution in [1.29, 1.82) is 0 Å². The predicted octanol–water partition coefficient (Wildman–Crippen LogP) is 2.02. The summed E-state index contributed by atoms with van der Waals surface area (Å²) in [5.41, 5.74) is 0. The van der Waals surface area contributed by atoms with Crippen LogP contribution < -0.4 is 4.72 Å². The summed E-state index contributed by atoms with van der Waals surface area (Å²) in [5, 5.41) is 8.78. The molecule has 1 aromatic rings. The van der Waals surface area contributed by atoms with Crippen LogP contribution in [0.2, 0.25) is 0 Å². The van der Waals surface area contributed by atoms with E-state index in [-0.39, 0.29) is 23.5 Å². The molecule has 1 aromatic heterocycles. The van der Waals surface area contributed by atoms with E-state index in [1.54, 1.807) is 0 Å². The van der Waals surface area contributed by atoms with E-state index in [0.717, 1.165) is 32.1 Å². The highest BCUT2D eigenvalue weighted by atomic mass is 32.2. The van der Waals surface area contributed by atoms with Crippen LogP contribution >= 0.6 is 0 Å². The molecule has 6 heteroatoms. The summed E-state index contributed by atoms with van der Waals surface area (Å²) >= 11 is 0. The molecule has 2 N–H and O–H groups in total. The molecule has 0 aliphatic heterocycles. The number of rotatable bonds is 4. The lowest BCUT2D eigenvalue weighted by molar-refractivity contribution is 0.236. The van der Waals surface area contributed by atoms with E-state index in [0.29, 0.717) is 5.92 Å². The maximum atomic E-state index is 12.1. The van der Waals surface area contributed by atoms with Gasteiger partial charge in [-0.05, 0) is 37.3 Å². The van der Waals surface area contributed by atoms with Crippen molar-refractivity contribution in [3.05, 3.63) is 17.9 Å². The Morgan fingerprint density at radius 3 is 2.79 bits per heavy atom. The minimum absolute atomic E-state index is 0.0161. The van der Waals surface area contributed by atoms with Crippen molar-refractivity contribution in [3.8, 4) is 0 Å². The second-order valence-corrected chi connectivity index (χ2v) is 6.96. The zero-order valence-electron chi connectivity index (χ0n) is 11.1. The average molecular weight is 287 g/mol. The molecule has 108 valence electrons. The third kappa shape index (κ3) is 3.81. The largest absolute Gasteiger partial charge is 0.446 e. The third-order valence-electron chi connectivity index (χ3n) is 3.64. The van der Waals surface area contributed by atoms with Crippen molar-refractivity contribution < 1.29 is 17.9 Å². The molecule has 0 aromatic carbocycles. The van der Waals surface area contributed by atoms with E-state index in [9.17, 15) is 8.42 Å². The molecule has 0 amide bonds. The normalized spacial score (nSPS) is 25.2. The van der Waals surface area contributed by atoms with Crippen LogP contribution in [0.5, 0.6) is 0 Å². The van der Waals surface area contributed by atoms with Gasteiger partial charge < -0.3 is 9.52 Å². The molecule has 0 bridgehead atoms. The molecule has 1 saturated carbocycles. The van der Waals surface area contributed by atoms with E-state index in [2.05, 4.69) is 11.6 Å². The highest BCUT2D eigenvalue weighted by molar-refractivity contribution is 7.89. The molecule has 2 rings (SSSR count). The van der Waals surface area contributed by atoms with Crippen molar-refractivity contribution in [1.82, 2.24) is 4.72 Å². The Labute approximate surface area is 114 Å². The van der Waals surface area contributed by atoms with Crippen molar-refractivity contribution in [2.75, 3.05) is 0 Å². The summed E-state index contributed by atoms with van der Waals surface area (Å²) in [6.07, 6.45) is 5.00. The fourth-order valence-electron chi connectivity index (χ4n) is 2.47. The van der Waals surface area contributed by atoms with Gasteiger partial charge in [-0.15, -0.1) is 0 Å². The van der Waals surface area contributed by atoms with E-state index < -0.39 is 10.0 Å². The average Bonchev–Trinajstić information content (AvgIpc) is 2.77. The third-order valence-corrected chi connectivity index (χ3v) is 5.03. The minimum Gasteiger partial charge on any atom is -0.446 e. The van der Waals surface area contributed by atoms with Gasteiger partial charge in [-0.3, -0.25) is 0 Å². The Balaban J connectivity index is 2.04.